The van der Waals surface area contributed by atoms with Gasteiger partial charge in [-0.2, -0.15) is 0 Å². The first-order valence-electron chi connectivity index (χ1n) is 7.26. The van der Waals surface area contributed by atoms with Gasteiger partial charge in [-0.05, 0) is 25.0 Å². The molecule has 0 radical (unpaired) electrons. The molecule has 1 aliphatic rings. The van der Waals surface area contributed by atoms with Crippen LogP contribution in [0.15, 0.2) is 54.6 Å². The Balaban J connectivity index is 2.40. The first-order chi connectivity index (χ1) is 9.70. The molecule has 0 N–H and O–H groups in total. The van der Waals surface area contributed by atoms with E-state index in [2.05, 4.69) is 6.92 Å². The quantitative estimate of drug-likeness (QED) is 0.729. The third kappa shape index (κ3) is 2.91. The molecule has 2 atom stereocenters. The molecular formula is C18H22O2. The Morgan fingerprint density at radius 3 is 2.65 bits per heavy atom. The highest BCUT2D eigenvalue weighted by Crippen LogP contribution is 2.39. The molecule has 1 aliphatic carbocycles. The minimum absolute atomic E-state index is 0.131. The van der Waals surface area contributed by atoms with Gasteiger partial charge < -0.3 is 4.74 Å². The Morgan fingerprint density at radius 1 is 1.25 bits per heavy atom. The number of carbonyl (C=O) groups is 1. The van der Waals surface area contributed by atoms with Gasteiger partial charge in [0, 0.05) is 6.61 Å². The smallest absolute Gasteiger partial charge is 0.140 e. The van der Waals surface area contributed by atoms with Gasteiger partial charge in [-0.15, -0.1) is 0 Å². The van der Waals surface area contributed by atoms with Crippen molar-refractivity contribution >= 4 is 5.78 Å². The van der Waals surface area contributed by atoms with Gasteiger partial charge in [-0.25, -0.2) is 0 Å². The molecule has 0 spiro atoms. The number of carbonyl (C=O) groups excluding carboxylic acids is 1. The lowest BCUT2D eigenvalue weighted by Crippen LogP contribution is -2.40. The molecule has 0 aromatic heterocycles. The van der Waals surface area contributed by atoms with E-state index < -0.39 is 5.60 Å². The van der Waals surface area contributed by atoms with E-state index in [-0.39, 0.29) is 11.7 Å². The maximum Gasteiger partial charge on any atom is 0.140 e. The van der Waals surface area contributed by atoms with Gasteiger partial charge in [0.1, 0.15) is 11.4 Å². The van der Waals surface area contributed by atoms with E-state index in [0.717, 1.165) is 18.4 Å². The summed E-state index contributed by atoms with van der Waals surface area (Å²) >= 11 is 0. The molecule has 2 heteroatoms. The molecule has 0 bridgehead atoms. The Kier molecular flexibility index (Phi) is 4.91. The number of ether oxygens (including phenoxy) is 1. The summed E-state index contributed by atoms with van der Waals surface area (Å²) in [5, 5.41) is 0. The molecule has 0 amide bonds. The second kappa shape index (κ2) is 6.67. The number of rotatable bonds is 6. The van der Waals surface area contributed by atoms with Gasteiger partial charge in [0.05, 0.1) is 5.92 Å². The van der Waals surface area contributed by atoms with Crippen molar-refractivity contribution in [2.24, 2.45) is 5.92 Å². The van der Waals surface area contributed by atoms with Crippen molar-refractivity contribution in [3.63, 3.8) is 0 Å². The number of hydrogen-bond donors (Lipinski definition) is 0. The van der Waals surface area contributed by atoms with E-state index in [4.69, 9.17) is 4.74 Å². The molecule has 2 unspecified atom stereocenters. The molecule has 106 valence electrons. The van der Waals surface area contributed by atoms with Crippen LogP contribution in [0.25, 0.3) is 0 Å². The number of unbranched alkanes of at least 4 members (excludes halogenated alkanes) is 1. The summed E-state index contributed by atoms with van der Waals surface area (Å²) in [6.07, 6.45) is 9.94. The summed E-state index contributed by atoms with van der Waals surface area (Å²) in [5.41, 5.74) is 0.383. The van der Waals surface area contributed by atoms with Gasteiger partial charge in [0.15, 0.2) is 0 Å². The Bertz CT molecular complexity index is 501. The van der Waals surface area contributed by atoms with Gasteiger partial charge in [0.2, 0.25) is 0 Å². The standard InChI is InChI=1S/C18H22O2/c1-3-4-14-20-18(16-10-6-5-7-11-16)13-9-8-12-17(18)15(2)19/h5-13,17H,3-4,14H2,1-2H3. The fraction of sp³-hybridized carbons (Fsp3) is 0.389. The van der Waals surface area contributed by atoms with E-state index in [9.17, 15) is 4.79 Å². The van der Waals surface area contributed by atoms with E-state index in [1.807, 2.05) is 54.6 Å². The maximum atomic E-state index is 12.1. The Hall–Kier alpha value is -1.67. The summed E-state index contributed by atoms with van der Waals surface area (Å²) in [6, 6.07) is 10.0. The van der Waals surface area contributed by atoms with Crippen molar-refractivity contribution in [2.45, 2.75) is 32.3 Å². The third-order valence-electron chi connectivity index (χ3n) is 3.72. The maximum absolute atomic E-state index is 12.1. The van der Waals surface area contributed by atoms with Crippen LogP contribution in [0.3, 0.4) is 0 Å². The lowest BCUT2D eigenvalue weighted by Gasteiger charge is -2.38. The van der Waals surface area contributed by atoms with Gasteiger partial charge >= 0.3 is 0 Å². The zero-order valence-corrected chi connectivity index (χ0v) is 12.2. The molecular weight excluding hydrogens is 248 g/mol. The normalized spacial score (nSPS) is 24.8. The zero-order valence-electron chi connectivity index (χ0n) is 12.2. The highest BCUT2D eigenvalue weighted by Gasteiger charge is 2.41. The van der Waals surface area contributed by atoms with Gasteiger partial charge in [-0.3, -0.25) is 4.79 Å². The topological polar surface area (TPSA) is 26.3 Å². The molecule has 20 heavy (non-hydrogen) atoms. The SMILES string of the molecule is CCCCOC1(c2ccccc2)C=CC=CC1C(C)=O. The Morgan fingerprint density at radius 2 is 2.00 bits per heavy atom. The second-order valence-electron chi connectivity index (χ2n) is 5.19. The molecule has 0 heterocycles. The first-order valence-corrected chi connectivity index (χ1v) is 7.26. The van der Waals surface area contributed by atoms with Crippen LogP contribution < -0.4 is 0 Å². The zero-order chi connectivity index (χ0) is 14.4. The predicted molar refractivity (Wildman–Crippen MR) is 81.4 cm³/mol. The molecule has 2 rings (SSSR count). The summed E-state index contributed by atoms with van der Waals surface area (Å²) in [6.45, 7) is 4.43. The van der Waals surface area contributed by atoms with Crippen molar-refractivity contribution in [1.82, 2.24) is 0 Å². The minimum atomic E-state index is -0.656. The van der Waals surface area contributed by atoms with E-state index >= 15 is 0 Å². The molecule has 0 saturated heterocycles. The van der Waals surface area contributed by atoms with Gasteiger partial charge in [0.25, 0.3) is 0 Å². The van der Waals surface area contributed by atoms with E-state index in [1.54, 1.807) is 6.92 Å². The first kappa shape index (κ1) is 14.7. The molecule has 0 saturated carbocycles. The van der Waals surface area contributed by atoms with Crippen molar-refractivity contribution in [1.29, 1.82) is 0 Å². The summed E-state index contributed by atoms with van der Waals surface area (Å²) < 4.78 is 6.21. The van der Waals surface area contributed by atoms with Crippen molar-refractivity contribution in [2.75, 3.05) is 6.61 Å². The fourth-order valence-corrected chi connectivity index (χ4v) is 2.64. The van der Waals surface area contributed by atoms with Crippen LogP contribution in [0.4, 0.5) is 0 Å². The highest BCUT2D eigenvalue weighted by molar-refractivity contribution is 5.82. The number of Topliss-reactive ketones (excluding diaryl/α,β-unsaturated/α-hetero) is 1. The van der Waals surface area contributed by atoms with Crippen LogP contribution in [-0.2, 0) is 15.1 Å². The van der Waals surface area contributed by atoms with Crippen LogP contribution in [-0.4, -0.2) is 12.4 Å². The van der Waals surface area contributed by atoms with Crippen LogP contribution in [0.5, 0.6) is 0 Å². The van der Waals surface area contributed by atoms with Crippen LogP contribution >= 0.6 is 0 Å². The average Bonchev–Trinajstić information content (AvgIpc) is 2.48. The molecule has 1 aromatic carbocycles. The molecule has 0 aliphatic heterocycles. The average molecular weight is 270 g/mol. The van der Waals surface area contributed by atoms with E-state index in [0.29, 0.717) is 6.61 Å². The van der Waals surface area contributed by atoms with Crippen LogP contribution in [0.1, 0.15) is 32.3 Å². The summed E-state index contributed by atoms with van der Waals surface area (Å²) in [7, 11) is 0. The lowest BCUT2D eigenvalue weighted by molar-refractivity contribution is -0.129. The minimum Gasteiger partial charge on any atom is -0.365 e. The largest absolute Gasteiger partial charge is 0.365 e. The van der Waals surface area contributed by atoms with Crippen LogP contribution in [0, 0.1) is 5.92 Å². The number of hydrogen-bond acceptors (Lipinski definition) is 2. The summed E-state index contributed by atoms with van der Waals surface area (Å²) in [5.74, 6) is -0.127. The van der Waals surface area contributed by atoms with E-state index in [1.165, 1.54) is 0 Å². The molecule has 1 aromatic rings. The van der Waals surface area contributed by atoms with Crippen LogP contribution in [0.2, 0.25) is 0 Å². The van der Waals surface area contributed by atoms with Gasteiger partial charge in [-0.1, -0.05) is 61.9 Å². The molecule has 0 fully saturated rings. The third-order valence-corrected chi connectivity index (χ3v) is 3.72. The van der Waals surface area contributed by atoms with Crippen molar-refractivity contribution in [3.8, 4) is 0 Å². The van der Waals surface area contributed by atoms with Crippen molar-refractivity contribution in [3.05, 3.63) is 60.2 Å². The predicted octanol–water partition coefficient (Wildman–Crippen LogP) is 4.03. The second-order valence-corrected chi connectivity index (χ2v) is 5.19. The van der Waals surface area contributed by atoms with Crippen molar-refractivity contribution < 1.29 is 9.53 Å². The number of ketones is 1. The number of allylic oxidation sites excluding steroid dienone is 2. The summed E-state index contributed by atoms with van der Waals surface area (Å²) in [4.78, 5) is 12.1. The molecule has 2 nitrogen and oxygen atoms in total. The fourth-order valence-electron chi connectivity index (χ4n) is 2.64. The number of benzene rings is 1. The lowest BCUT2D eigenvalue weighted by atomic mass is 9.76. The highest BCUT2D eigenvalue weighted by atomic mass is 16.5. The Labute approximate surface area is 121 Å². The monoisotopic (exact) mass is 270 g/mol.